The Morgan fingerprint density at radius 3 is 2.49 bits per heavy atom. The van der Waals surface area contributed by atoms with Crippen LogP contribution in [0.1, 0.15) is 49.4 Å². The number of nitrogens with one attached hydrogen (secondary N) is 1. The lowest BCUT2D eigenvalue weighted by molar-refractivity contribution is -0.165. The van der Waals surface area contributed by atoms with Gasteiger partial charge in [0.2, 0.25) is 0 Å². The lowest BCUT2D eigenvalue weighted by Gasteiger charge is -2.26. The summed E-state index contributed by atoms with van der Waals surface area (Å²) in [5.74, 6) is -1.07. The number of anilines is 2. The largest absolute Gasteiger partial charge is 0.435 e. The van der Waals surface area contributed by atoms with Crippen molar-refractivity contribution in [2.24, 2.45) is 5.92 Å². The van der Waals surface area contributed by atoms with Gasteiger partial charge in [0.05, 0.1) is 35.1 Å². The Morgan fingerprint density at radius 2 is 1.87 bits per heavy atom. The fourth-order valence-electron chi connectivity index (χ4n) is 4.26. The van der Waals surface area contributed by atoms with Gasteiger partial charge in [0, 0.05) is 30.8 Å². The fraction of sp³-hybridized carbons (Fsp3) is 0.440. The topological polar surface area (TPSA) is 96.2 Å². The molecule has 0 aliphatic carbocycles. The molecule has 3 aromatic heterocycles. The summed E-state index contributed by atoms with van der Waals surface area (Å²) in [4.78, 5) is 22.4. The third kappa shape index (κ3) is 6.32. The highest BCUT2D eigenvalue weighted by Gasteiger charge is 2.39. The van der Waals surface area contributed by atoms with E-state index in [1.165, 1.54) is 24.3 Å². The van der Waals surface area contributed by atoms with E-state index in [1.54, 1.807) is 18.7 Å². The van der Waals surface area contributed by atoms with Crippen LogP contribution in [-0.2, 0) is 6.18 Å². The SMILES string of the molecule is CC(n1cc(-c2cccc(C(=O)Nc3cc(N4CCC(C(C)(C)O)C4)cnc3C(F)(F)F)n2)cn1)C(F)(F)F. The second kappa shape index (κ2) is 10.1. The summed E-state index contributed by atoms with van der Waals surface area (Å²) in [6.07, 6.45) is -5.42. The maximum absolute atomic E-state index is 13.7. The van der Waals surface area contributed by atoms with Gasteiger partial charge in [-0.2, -0.15) is 31.4 Å². The highest BCUT2D eigenvalue weighted by atomic mass is 19.4. The number of hydrogen-bond donors (Lipinski definition) is 2. The summed E-state index contributed by atoms with van der Waals surface area (Å²) in [5.41, 5.74) is -2.45. The number of carbonyl (C=O) groups is 1. The number of carbonyl (C=O) groups excluding carboxylic acids is 1. The molecule has 1 fully saturated rings. The number of aromatic nitrogens is 4. The molecule has 0 spiro atoms. The summed E-state index contributed by atoms with van der Waals surface area (Å²) in [6.45, 7) is 5.15. The van der Waals surface area contributed by atoms with Gasteiger partial charge < -0.3 is 15.3 Å². The Balaban J connectivity index is 1.59. The van der Waals surface area contributed by atoms with Crippen LogP contribution >= 0.6 is 0 Å². The van der Waals surface area contributed by atoms with Gasteiger partial charge in [0.15, 0.2) is 5.69 Å². The van der Waals surface area contributed by atoms with Crippen LogP contribution in [0, 0.1) is 5.92 Å². The summed E-state index contributed by atoms with van der Waals surface area (Å²) in [7, 11) is 0. The van der Waals surface area contributed by atoms with Crippen LogP contribution in [0.2, 0.25) is 0 Å². The third-order valence-corrected chi connectivity index (χ3v) is 6.69. The van der Waals surface area contributed by atoms with Gasteiger partial charge >= 0.3 is 12.4 Å². The molecule has 1 saturated heterocycles. The molecular weight excluding hydrogens is 530 g/mol. The van der Waals surface area contributed by atoms with Gasteiger partial charge in [0.1, 0.15) is 11.7 Å². The quantitative estimate of drug-likeness (QED) is 0.399. The number of halogens is 6. The zero-order valence-corrected chi connectivity index (χ0v) is 21.2. The minimum atomic E-state index is -4.86. The fourth-order valence-corrected chi connectivity index (χ4v) is 4.26. The molecule has 1 amide bonds. The maximum atomic E-state index is 13.7. The molecular formula is C25H26F6N6O2. The van der Waals surface area contributed by atoms with Gasteiger partial charge in [-0.25, -0.2) is 9.97 Å². The average Bonchev–Trinajstić information content (AvgIpc) is 3.53. The van der Waals surface area contributed by atoms with E-state index in [4.69, 9.17) is 0 Å². The van der Waals surface area contributed by atoms with Crippen LogP contribution in [0.5, 0.6) is 0 Å². The van der Waals surface area contributed by atoms with E-state index in [2.05, 4.69) is 20.4 Å². The second-order valence-electron chi connectivity index (χ2n) is 9.96. The number of pyridine rings is 2. The second-order valence-corrected chi connectivity index (χ2v) is 9.96. The minimum Gasteiger partial charge on any atom is -0.390 e. The third-order valence-electron chi connectivity index (χ3n) is 6.69. The minimum absolute atomic E-state index is 0.103. The molecule has 2 N–H and O–H groups in total. The van der Waals surface area contributed by atoms with Crippen molar-refractivity contribution in [3.63, 3.8) is 0 Å². The van der Waals surface area contributed by atoms with Crippen LogP contribution in [-0.4, -0.2) is 55.6 Å². The average molecular weight is 557 g/mol. The smallest absolute Gasteiger partial charge is 0.390 e. The molecule has 4 rings (SSSR count). The molecule has 210 valence electrons. The van der Waals surface area contributed by atoms with Gasteiger partial charge in [-0.15, -0.1) is 0 Å². The van der Waals surface area contributed by atoms with Gasteiger partial charge in [-0.1, -0.05) is 6.07 Å². The predicted molar refractivity (Wildman–Crippen MR) is 130 cm³/mol. The first kappa shape index (κ1) is 28.3. The number of aliphatic hydroxyl groups is 1. The molecule has 1 aliphatic rings. The molecule has 0 saturated carbocycles. The molecule has 39 heavy (non-hydrogen) atoms. The molecule has 2 unspecified atom stereocenters. The summed E-state index contributed by atoms with van der Waals surface area (Å²) in [6, 6.07) is 3.38. The van der Waals surface area contributed by atoms with Gasteiger partial charge in [0.25, 0.3) is 5.91 Å². The Bertz CT molecular complexity index is 1350. The number of amides is 1. The van der Waals surface area contributed by atoms with Crippen LogP contribution in [0.3, 0.4) is 0 Å². The Kier molecular flexibility index (Phi) is 7.36. The number of hydrogen-bond acceptors (Lipinski definition) is 6. The van der Waals surface area contributed by atoms with Crippen molar-refractivity contribution in [1.29, 1.82) is 0 Å². The van der Waals surface area contributed by atoms with E-state index in [1.807, 2.05) is 0 Å². The van der Waals surface area contributed by atoms with E-state index in [0.717, 1.165) is 25.5 Å². The van der Waals surface area contributed by atoms with E-state index < -0.39 is 41.3 Å². The first-order valence-corrected chi connectivity index (χ1v) is 12.0. The molecule has 4 heterocycles. The van der Waals surface area contributed by atoms with Crippen LogP contribution in [0.25, 0.3) is 11.3 Å². The molecule has 0 aromatic carbocycles. The molecule has 1 aliphatic heterocycles. The van der Waals surface area contributed by atoms with Gasteiger partial charge in [-0.3, -0.25) is 9.48 Å². The zero-order chi connectivity index (χ0) is 28.8. The first-order valence-electron chi connectivity index (χ1n) is 12.0. The molecule has 2 atom stereocenters. The van der Waals surface area contributed by atoms with Crippen molar-refractivity contribution in [2.45, 2.75) is 51.2 Å². The van der Waals surface area contributed by atoms with Crippen molar-refractivity contribution in [3.8, 4) is 11.3 Å². The lowest BCUT2D eigenvalue weighted by atomic mass is 9.90. The van der Waals surface area contributed by atoms with Gasteiger partial charge in [-0.05, 0) is 45.4 Å². The summed E-state index contributed by atoms with van der Waals surface area (Å²) < 4.78 is 80.8. The van der Waals surface area contributed by atoms with Crippen molar-refractivity contribution < 1.29 is 36.2 Å². The molecule has 0 bridgehead atoms. The molecule has 8 nitrogen and oxygen atoms in total. The highest BCUT2D eigenvalue weighted by molar-refractivity contribution is 6.03. The van der Waals surface area contributed by atoms with Crippen LogP contribution in [0.4, 0.5) is 37.7 Å². The zero-order valence-electron chi connectivity index (χ0n) is 21.2. The maximum Gasteiger partial charge on any atom is 0.435 e. The van der Waals surface area contributed by atoms with Crippen LogP contribution < -0.4 is 10.2 Å². The Morgan fingerprint density at radius 1 is 1.15 bits per heavy atom. The normalized spacial score (nSPS) is 17.4. The van der Waals surface area contributed by atoms with Crippen molar-refractivity contribution in [3.05, 3.63) is 54.2 Å². The summed E-state index contributed by atoms with van der Waals surface area (Å²) in [5, 5.41) is 16.2. The standard InChI is InChI=1S/C25H26F6N6O2/c1-14(24(26,27)28)37-12-15(10-33-37)18-5-4-6-19(34-18)22(38)35-20-9-17(11-32-21(20)25(29,30)31)36-8-7-16(13-36)23(2,3)39/h4-6,9-12,14,16,39H,7-8,13H2,1-3H3,(H,35,38). The predicted octanol–water partition coefficient (Wildman–Crippen LogP) is 5.33. The first-order chi connectivity index (χ1) is 18.0. The number of alkyl halides is 6. The van der Waals surface area contributed by atoms with E-state index >= 15 is 0 Å². The monoisotopic (exact) mass is 556 g/mol. The Labute approximate surface area is 219 Å². The highest BCUT2D eigenvalue weighted by Crippen LogP contribution is 2.37. The van der Waals surface area contributed by atoms with E-state index in [-0.39, 0.29) is 22.9 Å². The van der Waals surface area contributed by atoms with Crippen molar-refractivity contribution in [2.75, 3.05) is 23.3 Å². The van der Waals surface area contributed by atoms with Crippen molar-refractivity contribution in [1.82, 2.24) is 19.7 Å². The molecule has 3 aromatic rings. The Hall–Kier alpha value is -3.68. The van der Waals surface area contributed by atoms with Crippen LogP contribution in [0.15, 0.2) is 42.9 Å². The van der Waals surface area contributed by atoms with E-state index in [0.29, 0.717) is 29.9 Å². The molecule has 14 heteroatoms. The molecule has 0 radical (unpaired) electrons. The van der Waals surface area contributed by atoms with E-state index in [9.17, 15) is 36.2 Å². The lowest BCUT2D eigenvalue weighted by Crippen LogP contribution is -2.33. The summed E-state index contributed by atoms with van der Waals surface area (Å²) >= 11 is 0. The number of nitrogens with zero attached hydrogens (tertiary/aromatic N) is 5. The number of rotatable bonds is 6. The van der Waals surface area contributed by atoms with Crippen molar-refractivity contribution >= 4 is 17.3 Å².